The maximum absolute atomic E-state index is 6.20. The van der Waals surface area contributed by atoms with Gasteiger partial charge < -0.3 is 9.64 Å². The van der Waals surface area contributed by atoms with Gasteiger partial charge in [0.25, 0.3) is 0 Å². The minimum absolute atomic E-state index is 0.112. The van der Waals surface area contributed by atoms with Gasteiger partial charge in [-0.3, -0.25) is 4.68 Å². The van der Waals surface area contributed by atoms with Crippen molar-refractivity contribution in [2.24, 2.45) is 0 Å². The third kappa shape index (κ3) is 1.44. The smallest absolute Gasteiger partial charge is 0.127 e. The fraction of sp³-hybridized carbons (Fsp3) is 0.533. The van der Waals surface area contributed by atoms with Crippen molar-refractivity contribution in [3.8, 4) is 0 Å². The van der Waals surface area contributed by atoms with E-state index >= 15 is 0 Å². The maximum Gasteiger partial charge on any atom is 0.127 e. The van der Waals surface area contributed by atoms with Crippen LogP contribution in [0.2, 0.25) is 0 Å². The molecule has 2 aliphatic rings. The van der Waals surface area contributed by atoms with Gasteiger partial charge >= 0.3 is 0 Å². The van der Waals surface area contributed by atoms with Crippen LogP contribution in [-0.4, -0.2) is 40.9 Å². The van der Waals surface area contributed by atoms with E-state index in [1.807, 2.05) is 0 Å². The monoisotopic (exact) mass is 257 g/mol. The van der Waals surface area contributed by atoms with E-state index in [0.29, 0.717) is 6.04 Å². The molecule has 2 unspecified atom stereocenters. The first kappa shape index (κ1) is 11.4. The van der Waals surface area contributed by atoms with Gasteiger partial charge in [-0.1, -0.05) is 25.1 Å². The number of aromatic nitrogens is 2. The summed E-state index contributed by atoms with van der Waals surface area (Å²) in [6.45, 7) is 4.90. The zero-order chi connectivity index (χ0) is 13.0. The highest BCUT2D eigenvalue weighted by atomic mass is 16.5. The zero-order valence-electron chi connectivity index (χ0n) is 11.5. The Hall–Kier alpha value is -1.39. The lowest BCUT2D eigenvalue weighted by Crippen LogP contribution is -2.35. The van der Waals surface area contributed by atoms with Crippen molar-refractivity contribution in [2.75, 3.05) is 20.2 Å². The Morgan fingerprint density at radius 2 is 2.32 bits per heavy atom. The number of benzene rings is 1. The molecule has 1 aromatic heterocycles. The van der Waals surface area contributed by atoms with Gasteiger partial charge in [0.15, 0.2) is 0 Å². The maximum atomic E-state index is 6.20. The second-order valence-electron chi connectivity index (χ2n) is 5.62. The second-order valence-corrected chi connectivity index (χ2v) is 5.62. The molecule has 2 heterocycles. The first-order valence-electron chi connectivity index (χ1n) is 7.06. The van der Waals surface area contributed by atoms with Crippen LogP contribution in [0.15, 0.2) is 24.3 Å². The lowest BCUT2D eigenvalue weighted by atomic mass is 10.1. The number of nitrogens with zero attached hydrogens (tertiary/aromatic N) is 3. The van der Waals surface area contributed by atoms with E-state index in [9.17, 15) is 0 Å². The summed E-state index contributed by atoms with van der Waals surface area (Å²) < 4.78 is 8.37. The molecule has 0 bridgehead atoms. The van der Waals surface area contributed by atoms with Crippen molar-refractivity contribution in [1.82, 2.24) is 14.7 Å². The SMILES string of the molecule is CCN(C)C1CC12OCCn1nc3ccccc3c12. The summed E-state index contributed by atoms with van der Waals surface area (Å²) in [6.07, 6.45) is 1.09. The van der Waals surface area contributed by atoms with Crippen molar-refractivity contribution < 1.29 is 4.74 Å². The highest BCUT2D eigenvalue weighted by Gasteiger charge is 2.62. The molecule has 0 saturated heterocycles. The molecule has 19 heavy (non-hydrogen) atoms. The first-order chi connectivity index (χ1) is 9.26. The van der Waals surface area contributed by atoms with Crippen LogP contribution in [0.4, 0.5) is 0 Å². The molecule has 0 radical (unpaired) electrons. The molecule has 2 aromatic rings. The molecule has 1 saturated carbocycles. The van der Waals surface area contributed by atoms with Crippen LogP contribution in [0.1, 0.15) is 19.0 Å². The Balaban J connectivity index is 1.87. The summed E-state index contributed by atoms with van der Waals surface area (Å²) >= 11 is 0. The van der Waals surface area contributed by atoms with Gasteiger partial charge in [0, 0.05) is 17.8 Å². The Morgan fingerprint density at radius 1 is 1.47 bits per heavy atom. The number of hydrogen-bond acceptors (Lipinski definition) is 3. The van der Waals surface area contributed by atoms with E-state index in [0.717, 1.165) is 31.6 Å². The molecular weight excluding hydrogens is 238 g/mol. The minimum atomic E-state index is -0.112. The Kier molecular flexibility index (Phi) is 2.29. The Morgan fingerprint density at radius 3 is 3.16 bits per heavy atom. The fourth-order valence-electron chi connectivity index (χ4n) is 3.44. The third-order valence-electron chi connectivity index (χ3n) is 4.61. The van der Waals surface area contributed by atoms with Gasteiger partial charge in [0.2, 0.25) is 0 Å². The molecule has 1 aromatic carbocycles. The molecule has 4 heteroatoms. The molecule has 0 amide bonds. The predicted octanol–water partition coefficient (Wildman–Crippen LogP) is 1.99. The minimum Gasteiger partial charge on any atom is -0.365 e. The fourth-order valence-corrected chi connectivity index (χ4v) is 3.44. The number of fused-ring (bicyclic) bond motifs is 4. The van der Waals surface area contributed by atoms with Crippen molar-refractivity contribution in [2.45, 2.75) is 31.5 Å². The summed E-state index contributed by atoms with van der Waals surface area (Å²) in [5.74, 6) is 0. The van der Waals surface area contributed by atoms with Crippen molar-refractivity contribution in [1.29, 1.82) is 0 Å². The van der Waals surface area contributed by atoms with E-state index in [-0.39, 0.29) is 5.60 Å². The van der Waals surface area contributed by atoms with Crippen LogP contribution >= 0.6 is 0 Å². The van der Waals surface area contributed by atoms with E-state index in [1.54, 1.807) is 0 Å². The average Bonchev–Trinajstić information content (AvgIpc) is 3.00. The van der Waals surface area contributed by atoms with E-state index in [4.69, 9.17) is 9.84 Å². The molecule has 1 aliphatic carbocycles. The van der Waals surface area contributed by atoms with Gasteiger partial charge in [-0.2, -0.15) is 5.10 Å². The van der Waals surface area contributed by atoms with Crippen LogP contribution in [0.3, 0.4) is 0 Å². The third-order valence-corrected chi connectivity index (χ3v) is 4.61. The van der Waals surface area contributed by atoms with E-state index < -0.39 is 0 Å². The molecule has 1 spiro atoms. The van der Waals surface area contributed by atoms with Crippen LogP contribution < -0.4 is 0 Å². The summed E-state index contributed by atoms with van der Waals surface area (Å²) in [6, 6.07) is 8.91. The Labute approximate surface area is 113 Å². The van der Waals surface area contributed by atoms with Crippen molar-refractivity contribution in [3.05, 3.63) is 30.0 Å². The average molecular weight is 257 g/mol. The van der Waals surface area contributed by atoms with Crippen LogP contribution in [0.5, 0.6) is 0 Å². The van der Waals surface area contributed by atoms with Gasteiger partial charge in [-0.15, -0.1) is 0 Å². The molecule has 2 atom stereocenters. The predicted molar refractivity (Wildman–Crippen MR) is 74.1 cm³/mol. The Bertz CT molecular complexity index is 635. The molecule has 1 aliphatic heterocycles. The second kappa shape index (κ2) is 3.81. The summed E-state index contributed by atoms with van der Waals surface area (Å²) in [5, 5.41) is 5.99. The number of ether oxygens (including phenoxy) is 1. The van der Waals surface area contributed by atoms with Gasteiger partial charge in [-0.25, -0.2) is 0 Å². The van der Waals surface area contributed by atoms with Crippen molar-refractivity contribution >= 4 is 10.9 Å². The molecule has 4 nitrogen and oxygen atoms in total. The summed E-state index contributed by atoms with van der Waals surface area (Å²) in [5.41, 5.74) is 2.27. The van der Waals surface area contributed by atoms with Gasteiger partial charge in [0.05, 0.1) is 24.4 Å². The summed E-state index contributed by atoms with van der Waals surface area (Å²) in [4.78, 5) is 2.39. The van der Waals surface area contributed by atoms with Crippen molar-refractivity contribution in [3.63, 3.8) is 0 Å². The van der Waals surface area contributed by atoms with E-state index in [1.165, 1.54) is 11.1 Å². The highest BCUT2D eigenvalue weighted by molar-refractivity contribution is 5.83. The van der Waals surface area contributed by atoms with E-state index in [2.05, 4.69) is 47.8 Å². The molecule has 1 fully saturated rings. The molecule has 0 N–H and O–H groups in total. The van der Waals surface area contributed by atoms with Gasteiger partial charge in [0.1, 0.15) is 5.60 Å². The van der Waals surface area contributed by atoms with Gasteiger partial charge in [-0.05, 0) is 19.7 Å². The molecule has 100 valence electrons. The lowest BCUT2D eigenvalue weighted by molar-refractivity contribution is -0.0213. The quantitative estimate of drug-likeness (QED) is 0.824. The number of rotatable bonds is 2. The zero-order valence-corrected chi connectivity index (χ0v) is 11.5. The largest absolute Gasteiger partial charge is 0.365 e. The standard InChI is InChI=1S/C15H19N3O/c1-3-17(2)13-10-15(13)14-11-6-4-5-7-12(11)16-18(14)8-9-19-15/h4-7,13H,3,8-10H2,1-2H3. The van der Waals surface area contributed by atoms with Crippen LogP contribution in [-0.2, 0) is 16.9 Å². The molecule has 4 rings (SSSR count). The highest BCUT2D eigenvalue weighted by Crippen LogP contribution is 2.55. The lowest BCUT2D eigenvalue weighted by Gasteiger charge is -2.28. The van der Waals surface area contributed by atoms with Crippen LogP contribution in [0, 0.1) is 0 Å². The first-order valence-corrected chi connectivity index (χ1v) is 7.06. The molecular formula is C15H19N3O. The summed E-state index contributed by atoms with van der Waals surface area (Å²) in [7, 11) is 2.18. The van der Waals surface area contributed by atoms with Crippen LogP contribution in [0.25, 0.3) is 10.9 Å². The normalized spacial score (nSPS) is 29.1. The number of hydrogen-bond donors (Lipinski definition) is 0. The topological polar surface area (TPSA) is 30.3 Å². The number of likely N-dealkylation sites (N-methyl/N-ethyl adjacent to an activating group) is 1.